The number of cyclic esters (lactones) is 1. The van der Waals surface area contributed by atoms with Crippen LogP contribution >= 0.6 is 0 Å². The summed E-state index contributed by atoms with van der Waals surface area (Å²) in [5.41, 5.74) is -6.38. The Morgan fingerprint density at radius 1 is 0.857 bits per heavy atom. The highest BCUT2D eigenvalue weighted by Gasteiger charge is 2.68. The van der Waals surface area contributed by atoms with Crippen LogP contribution in [0.15, 0.2) is 23.8 Å². The highest BCUT2D eigenvalue weighted by molar-refractivity contribution is 6.01. The van der Waals surface area contributed by atoms with Gasteiger partial charge in [-0.2, -0.15) is 0 Å². The number of aliphatic hydroxyl groups excluding tert-OH is 5. The Kier molecular flexibility index (Phi) is 19.6. The van der Waals surface area contributed by atoms with Gasteiger partial charge in [0.2, 0.25) is 0 Å². The van der Waals surface area contributed by atoms with E-state index < -0.39 is 137 Å². The number of nitrogens with zero attached hydrogens (tertiary/aromatic N) is 1. The number of methoxy groups -OCH3 is 1. The quantitative estimate of drug-likeness (QED) is 0.154. The molecule has 7 rings (SSSR count). The number of aliphatic hydroxyl groups is 8. The maximum Gasteiger partial charge on any atom is 0.311 e. The van der Waals surface area contributed by atoms with Gasteiger partial charge in [0.05, 0.1) is 53.7 Å². The topological polar surface area (TPSA) is 289 Å². The minimum atomic E-state index is -1.99. The van der Waals surface area contributed by atoms with E-state index in [4.69, 9.17) is 28.4 Å². The lowest BCUT2D eigenvalue weighted by atomic mass is 9.46. The van der Waals surface area contributed by atoms with E-state index in [0.717, 1.165) is 24.8 Å². The number of Topliss-reactive ketones (excluding diaryl/α,β-unsaturated/α-hetero) is 2. The molecular weight excluding hydrogens is 999 g/mol. The van der Waals surface area contributed by atoms with Gasteiger partial charge in [-0.3, -0.25) is 19.2 Å². The summed E-state index contributed by atoms with van der Waals surface area (Å²) in [7, 11) is 5.18. The Balaban J connectivity index is 0.000000305. The third-order valence-corrected chi connectivity index (χ3v) is 20.1. The second-order valence-electron chi connectivity index (χ2n) is 25.7. The van der Waals surface area contributed by atoms with Gasteiger partial charge < -0.3 is 74.2 Å². The van der Waals surface area contributed by atoms with E-state index in [9.17, 15) is 60.0 Å². The molecule has 3 saturated carbocycles. The van der Waals surface area contributed by atoms with E-state index in [-0.39, 0.29) is 60.4 Å². The Morgan fingerprint density at radius 3 is 2.10 bits per heavy atom. The van der Waals surface area contributed by atoms with E-state index in [1.807, 2.05) is 38.9 Å². The third-order valence-electron chi connectivity index (χ3n) is 20.1. The van der Waals surface area contributed by atoms with Crippen molar-refractivity contribution in [1.82, 2.24) is 4.90 Å². The van der Waals surface area contributed by atoms with Gasteiger partial charge in [0.25, 0.3) is 0 Å². The number of allylic oxidation sites excluding steroid dienone is 4. The van der Waals surface area contributed by atoms with Gasteiger partial charge in [0, 0.05) is 54.1 Å². The molecule has 3 heterocycles. The molecule has 4 aliphatic carbocycles. The predicted molar refractivity (Wildman–Crippen MR) is 281 cm³/mol. The van der Waals surface area contributed by atoms with Gasteiger partial charge in [-0.25, -0.2) is 0 Å². The van der Waals surface area contributed by atoms with Crippen LogP contribution in [0.1, 0.15) is 141 Å². The highest BCUT2D eigenvalue weighted by Crippen LogP contribution is 2.67. The molecule has 0 aromatic heterocycles. The summed E-state index contributed by atoms with van der Waals surface area (Å²) in [6.07, 6.45) is -2.03. The summed E-state index contributed by atoms with van der Waals surface area (Å²) in [6.45, 7) is 19.7. The molecule has 0 aromatic rings. The van der Waals surface area contributed by atoms with Crippen LogP contribution in [-0.4, -0.2) is 193 Å². The van der Waals surface area contributed by atoms with Crippen LogP contribution in [0.4, 0.5) is 0 Å². The molecule has 440 valence electrons. The van der Waals surface area contributed by atoms with E-state index in [1.54, 1.807) is 53.7 Å². The average Bonchev–Trinajstić information content (AvgIpc) is 3.73. The second kappa shape index (κ2) is 23.7. The molecule has 0 aromatic carbocycles. The summed E-state index contributed by atoms with van der Waals surface area (Å²) in [5, 5.41) is 89.3. The van der Waals surface area contributed by atoms with E-state index in [2.05, 4.69) is 6.92 Å². The normalized spacial score (nSPS) is 49.8. The number of esters is 1. The number of carbonyl (C=O) groups excluding carboxylic acids is 4. The third kappa shape index (κ3) is 11.9. The molecule has 19 heteroatoms. The number of ether oxygens (including phenoxy) is 6. The fourth-order valence-corrected chi connectivity index (χ4v) is 15.3. The second-order valence-corrected chi connectivity index (χ2v) is 25.7. The van der Waals surface area contributed by atoms with Crippen molar-refractivity contribution in [3.05, 3.63) is 23.8 Å². The lowest BCUT2D eigenvalue weighted by Crippen LogP contribution is -2.61. The number of fused-ring (bicyclic) bond motifs is 5. The molecular formula is C58H95NO18. The van der Waals surface area contributed by atoms with Crippen molar-refractivity contribution in [1.29, 1.82) is 0 Å². The highest BCUT2D eigenvalue weighted by atomic mass is 16.7. The zero-order valence-corrected chi connectivity index (χ0v) is 48.4. The van der Waals surface area contributed by atoms with E-state index in [0.29, 0.717) is 19.3 Å². The van der Waals surface area contributed by atoms with Crippen molar-refractivity contribution in [2.24, 2.45) is 52.3 Å². The van der Waals surface area contributed by atoms with Gasteiger partial charge in [-0.1, -0.05) is 53.2 Å². The van der Waals surface area contributed by atoms with Crippen molar-refractivity contribution in [2.75, 3.05) is 27.8 Å². The molecule has 6 fully saturated rings. The first-order valence-electron chi connectivity index (χ1n) is 28.2. The fraction of sp³-hybridized carbons (Fsp3) is 0.862. The van der Waals surface area contributed by atoms with Crippen LogP contribution in [0.2, 0.25) is 0 Å². The first kappa shape index (κ1) is 63.6. The first-order valence-corrected chi connectivity index (χ1v) is 28.2. The van der Waals surface area contributed by atoms with Crippen LogP contribution in [0, 0.1) is 52.3 Å². The largest absolute Gasteiger partial charge is 0.459 e. The molecule has 3 saturated heterocycles. The smallest absolute Gasteiger partial charge is 0.311 e. The van der Waals surface area contributed by atoms with Crippen LogP contribution in [0.5, 0.6) is 0 Å². The molecule has 3 aliphatic heterocycles. The van der Waals surface area contributed by atoms with Crippen molar-refractivity contribution in [2.45, 2.75) is 237 Å². The SMILES string of the molecule is CC[C@H]1OC(=O)[C@H](C)[C@@H](O[C@H]2C[C@@](C)(OC)[C@@H](O)[C@H](C)O2)[C@H](C)[C@@H](O[C@@H]2O[C@H](C)C[C@H](N(C)C)[C@H]2O)[C@](C)(O)C[C@@H](C)C(=O)[C@H](C)[C@@H](O)[C@]1(C)O.C[C@]12C=CC(=O)C=C1CC[C@@H]1[C@@H]2[C@@H](O)C[C@@]2(C)[C@H]1CC[C@]2(O)C(=O)CO. The van der Waals surface area contributed by atoms with Gasteiger partial charge >= 0.3 is 5.97 Å². The standard InChI is InChI=1S/C37H67NO13.C21H28O5/c1-14-25-37(10,45)30(41)20(4)27(39)18(2)16-35(8,44)32(51-34-28(40)24(38(11)12)15-19(3)47-34)21(5)29(22(6)33(43)49-25)50-26-17-36(9,46-13)31(42)23(7)48-26;1-19-7-5-13(23)9-12(19)3-4-14-15-6-8-21(26,17(25)11-22)20(15,2)10-16(24)18(14)19/h18-26,28-32,34,40-42,44-45H,14-17H2,1-13H3;5,7,9,14-16,18,22,24,26H,3-4,6,8,10-11H2,1-2H3/t18-,19-,20+,21+,22-,23+,24+,25-,26+,28-,29+,30-,31+,32-,34+,35-,36-,37-;14-,15-,16-,18+,19-,20-,21-/m10/s1. The molecule has 8 N–H and O–H groups in total. The van der Waals surface area contributed by atoms with Gasteiger partial charge in [0.15, 0.2) is 24.1 Å². The zero-order valence-electron chi connectivity index (χ0n) is 48.4. The van der Waals surface area contributed by atoms with Crippen molar-refractivity contribution >= 4 is 23.3 Å². The monoisotopic (exact) mass is 1090 g/mol. The summed E-state index contributed by atoms with van der Waals surface area (Å²) >= 11 is 0. The molecule has 0 unspecified atom stereocenters. The van der Waals surface area contributed by atoms with E-state index in [1.165, 1.54) is 27.9 Å². The lowest BCUT2D eigenvalue weighted by Gasteiger charge is -2.59. The summed E-state index contributed by atoms with van der Waals surface area (Å²) in [4.78, 5) is 53.9. The van der Waals surface area contributed by atoms with Gasteiger partial charge in [-0.15, -0.1) is 0 Å². The van der Waals surface area contributed by atoms with Crippen LogP contribution in [0.3, 0.4) is 0 Å². The number of ketones is 3. The maximum atomic E-state index is 14.1. The fourth-order valence-electron chi connectivity index (χ4n) is 15.3. The summed E-state index contributed by atoms with van der Waals surface area (Å²) in [6, 6.07) is -0.324. The minimum Gasteiger partial charge on any atom is -0.459 e. The van der Waals surface area contributed by atoms with Gasteiger partial charge in [-0.05, 0) is 131 Å². The molecule has 0 bridgehead atoms. The predicted octanol–water partition coefficient (Wildman–Crippen LogP) is 3.34. The molecule has 0 amide bonds. The van der Waals surface area contributed by atoms with Crippen LogP contribution in [0.25, 0.3) is 0 Å². The lowest BCUT2D eigenvalue weighted by molar-refractivity contribution is -0.318. The Morgan fingerprint density at radius 2 is 1.51 bits per heavy atom. The Bertz CT molecular complexity index is 2180. The molecule has 19 nitrogen and oxygen atoms in total. The zero-order chi connectivity index (χ0) is 57.9. The van der Waals surface area contributed by atoms with Crippen LogP contribution < -0.4 is 0 Å². The minimum absolute atomic E-state index is 0.00912. The van der Waals surface area contributed by atoms with Crippen molar-refractivity contribution in [3.63, 3.8) is 0 Å². The summed E-state index contributed by atoms with van der Waals surface area (Å²) < 4.78 is 37.1. The first-order chi connectivity index (χ1) is 35.6. The number of hydrogen-bond acceptors (Lipinski definition) is 19. The van der Waals surface area contributed by atoms with Crippen molar-refractivity contribution < 1.29 is 88.5 Å². The molecule has 0 radical (unpaired) electrons. The molecule has 0 spiro atoms. The van der Waals surface area contributed by atoms with Crippen LogP contribution in [-0.2, 0) is 47.6 Å². The molecule has 7 aliphatic rings. The Hall–Kier alpha value is -2.60. The Labute approximate surface area is 456 Å². The van der Waals surface area contributed by atoms with Gasteiger partial charge in [0.1, 0.15) is 41.9 Å². The molecule has 77 heavy (non-hydrogen) atoms. The average molecular weight is 1090 g/mol. The number of hydrogen-bond donors (Lipinski definition) is 8. The number of likely N-dealkylation sites (N-methyl/N-ethyl adjacent to an activating group) is 1. The van der Waals surface area contributed by atoms with Crippen molar-refractivity contribution in [3.8, 4) is 0 Å². The molecule has 25 atom stereocenters. The number of carbonyl (C=O) groups is 4. The van der Waals surface area contributed by atoms with E-state index >= 15 is 0 Å². The maximum absolute atomic E-state index is 14.1. The summed E-state index contributed by atoms with van der Waals surface area (Å²) in [5.74, 6) is -5.20. The number of rotatable bonds is 9.